The molecular formula is C23H24N4O3S. The molecule has 0 saturated heterocycles. The van der Waals surface area contributed by atoms with Gasteiger partial charge in [-0.15, -0.1) is 0 Å². The van der Waals surface area contributed by atoms with E-state index in [4.69, 9.17) is 9.47 Å². The van der Waals surface area contributed by atoms with E-state index in [0.29, 0.717) is 11.4 Å². The van der Waals surface area contributed by atoms with Crippen LogP contribution in [0.3, 0.4) is 0 Å². The monoisotopic (exact) mass is 436 g/mol. The van der Waals surface area contributed by atoms with Crippen LogP contribution in [0.2, 0.25) is 0 Å². The van der Waals surface area contributed by atoms with Gasteiger partial charge in [0.25, 0.3) is 0 Å². The second-order valence-corrected chi connectivity index (χ2v) is 7.90. The van der Waals surface area contributed by atoms with Gasteiger partial charge in [0.15, 0.2) is 0 Å². The number of hydrogen-bond donors (Lipinski definition) is 1. The molecule has 0 spiro atoms. The van der Waals surface area contributed by atoms with Crippen molar-refractivity contribution in [2.24, 2.45) is 0 Å². The molecule has 0 atom stereocenters. The first-order chi connectivity index (χ1) is 15.1. The van der Waals surface area contributed by atoms with Crippen LogP contribution in [-0.2, 0) is 24.3 Å². The van der Waals surface area contributed by atoms with E-state index in [1.54, 1.807) is 7.11 Å². The Morgan fingerprint density at radius 2 is 2.03 bits per heavy atom. The largest absolute Gasteiger partial charge is 0.496 e. The van der Waals surface area contributed by atoms with Crippen LogP contribution >= 0.6 is 11.3 Å². The van der Waals surface area contributed by atoms with Gasteiger partial charge in [-0.25, -0.2) is 14.8 Å². The molecule has 160 valence electrons. The number of amides is 1. The zero-order valence-electron chi connectivity index (χ0n) is 17.7. The maximum atomic E-state index is 12.4. The molecule has 0 aliphatic carbocycles. The van der Waals surface area contributed by atoms with Crippen LogP contribution in [0.4, 0.5) is 9.80 Å². The number of aromatic nitrogens is 3. The number of carbonyl (C=O) groups excluding carboxylic acids is 1. The van der Waals surface area contributed by atoms with Gasteiger partial charge in [-0.3, -0.25) is 5.32 Å². The summed E-state index contributed by atoms with van der Waals surface area (Å²) in [7, 11) is 1.63. The van der Waals surface area contributed by atoms with Gasteiger partial charge in [-0.2, -0.15) is 0 Å². The van der Waals surface area contributed by atoms with Crippen LogP contribution in [0.1, 0.15) is 25.1 Å². The Morgan fingerprint density at radius 1 is 1.19 bits per heavy atom. The van der Waals surface area contributed by atoms with Gasteiger partial charge in [0.2, 0.25) is 0 Å². The van der Waals surface area contributed by atoms with Crippen molar-refractivity contribution in [3.63, 3.8) is 0 Å². The number of aryl methyl sites for hydroxylation is 2. The SMILES string of the molecule is CCc1nc(-c2ccccc2OC)sc1NC(=O)OCc1ccc2c(c1)ncn2CC. The van der Waals surface area contributed by atoms with E-state index in [2.05, 4.69) is 26.8 Å². The van der Waals surface area contributed by atoms with Crippen molar-refractivity contribution in [2.45, 2.75) is 33.4 Å². The zero-order valence-corrected chi connectivity index (χ0v) is 18.5. The summed E-state index contributed by atoms with van der Waals surface area (Å²) in [4.78, 5) is 21.5. The molecule has 4 aromatic rings. The molecule has 0 saturated carbocycles. The summed E-state index contributed by atoms with van der Waals surface area (Å²) in [6, 6.07) is 13.6. The lowest BCUT2D eigenvalue weighted by molar-refractivity contribution is 0.155. The summed E-state index contributed by atoms with van der Waals surface area (Å²) in [5.74, 6) is 0.744. The van der Waals surface area contributed by atoms with Crippen molar-refractivity contribution in [1.82, 2.24) is 14.5 Å². The van der Waals surface area contributed by atoms with Gasteiger partial charge >= 0.3 is 6.09 Å². The first kappa shape index (κ1) is 20.9. The fourth-order valence-electron chi connectivity index (χ4n) is 3.35. The van der Waals surface area contributed by atoms with Crippen molar-refractivity contribution in [2.75, 3.05) is 12.4 Å². The third-order valence-electron chi connectivity index (χ3n) is 4.98. The van der Waals surface area contributed by atoms with Crippen molar-refractivity contribution in [3.8, 4) is 16.3 Å². The average Bonchev–Trinajstić information content (AvgIpc) is 3.40. The number of fused-ring (bicyclic) bond motifs is 1. The van der Waals surface area contributed by atoms with E-state index in [1.807, 2.05) is 55.7 Å². The number of ether oxygens (including phenoxy) is 2. The zero-order chi connectivity index (χ0) is 21.8. The maximum absolute atomic E-state index is 12.4. The number of hydrogen-bond acceptors (Lipinski definition) is 6. The first-order valence-corrected chi connectivity index (χ1v) is 10.9. The molecule has 0 fully saturated rings. The van der Waals surface area contributed by atoms with Crippen molar-refractivity contribution in [1.29, 1.82) is 0 Å². The highest BCUT2D eigenvalue weighted by Crippen LogP contribution is 2.37. The first-order valence-electron chi connectivity index (χ1n) is 10.1. The molecule has 0 bridgehead atoms. The van der Waals surface area contributed by atoms with Crippen LogP contribution in [-0.4, -0.2) is 27.7 Å². The van der Waals surface area contributed by atoms with Gasteiger partial charge in [0.1, 0.15) is 22.4 Å². The van der Waals surface area contributed by atoms with Crippen molar-refractivity contribution in [3.05, 3.63) is 60.0 Å². The van der Waals surface area contributed by atoms with E-state index in [1.165, 1.54) is 11.3 Å². The van der Waals surface area contributed by atoms with E-state index < -0.39 is 6.09 Å². The Balaban J connectivity index is 1.45. The molecule has 0 aliphatic heterocycles. The number of carbonyl (C=O) groups is 1. The van der Waals surface area contributed by atoms with Gasteiger partial charge < -0.3 is 14.0 Å². The molecule has 4 rings (SSSR count). The molecule has 0 radical (unpaired) electrons. The fraction of sp³-hybridized carbons (Fsp3) is 0.261. The molecule has 1 amide bonds. The summed E-state index contributed by atoms with van der Waals surface area (Å²) < 4.78 is 13.0. The predicted octanol–water partition coefficient (Wildman–Crippen LogP) is 5.50. The minimum Gasteiger partial charge on any atom is -0.496 e. The number of nitrogens with one attached hydrogen (secondary N) is 1. The molecule has 31 heavy (non-hydrogen) atoms. The Kier molecular flexibility index (Phi) is 6.18. The van der Waals surface area contributed by atoms with E-state index in [-0.39, 0.29) is 6.61 Å². The fourth-order valence-corrected chi connectivity index (χ4v) is 4.42. The molecule has 7 nitrogen and oxygen atoms in total. The summed E-state index contributed by atoms with van der Waals surface area (Å²) >= 11 is 1.41. The van der Waals surface area contributed by atoms with Gasteiger partial charge in [-0.1, -0.05) is 36.5 Å². The number of thiazole rings is 1. The number of nitrogens with zero attached hydrogens (tertiary/aromatic N) is 3. The quantitative estimate of drug-likeness (QED) is 0.414. The number of benzene rings is 2. The maximum Gasteiger partial charge on any atom is 0.412 e. The van der Waals surface area contributed by atoms with Crippen LogP contribution in [0.25, 0.3) is 21.6 Å². The van der Waals surface area contributed by atoms with Gasteiger partial charge in [0, 0.05) is 6.54 Å². The lowest BCUT2D eigenvalue weighted by atomic mass is 10.2. The molecule has 2 aromatic carbocycles. The molecule has 2 aromatic heterocycles. The highest BCUT2D eigenvalue weighted by molar-refractivity contribution is 7.19. The highest BCUT2D eigenvalue weighted by atomic mass is 32.1. The second-order valence-electron chi connectivity index (χ2n) is 6.90. The molecule has 8 heteroatoms. The van der Waals surface area contributed by atoms with Gasteiger partial charge in [0.05, 0.1) is 35.7 Å². The minimum atomic E-state index is -0.510. The summed E-state index contributed by atoms with van der Waals surface area (Å²) in [6.45, 7) is 5.11. The number of para-hydroxylation sites is 1. The Labute approximate surface area is 184 Å². The van der Waals surface area contributed by atoms with E-state index in [9.17, 15) is 4.79 Å². The highest BCUT2D eigenvalue weighted by Gasteiger charge is 2.17. The average molecular weight is 437 g/mol. The number of methoxy groups -OCH3 is 1. The molecule has 1 N–H and O–H groups in total. The summed E-state index contributed by atoms with van der Waals surface area (Å²) in [5.41, 5.74) is 4.55. The van der Waals surface area contributed by atoms with E-state index >= 15 is 0 Å². The summed E-state index contributed by atoms with van der Waals surface area (Å²) in [6.07, 6.45) is 2.00. The van der Waals surface area contributed by atoms with Crippen LogP contribution in [0.15, 0.2) is 48.8 Å². The number of rotatable bonds is 7. The van der Waals surface area contributed by atoms with E-state index in [0.717, 1.165) is 45.2 Å². The third kappa shape index (κ3) is 4.39. The van der Waals surface area contributed by atoms with Crippen molar-refractivity contribution < 1.29 is 14.3 Å². The van der Waals surface area contributed by atoms with Crippen LogP contribution in [0, 0.1) is 0 Å². The number of anilines is 1. The van der Waals surface area contributed by atoms with Gasteiger partial charge in [-0.05, 0) is 43.2 Å². The summed E-state index contributed by atoms with van der Waals surface area (Å²) in [5, 5.41) is 4.32. The standard InChI is InChI=1S/C23H24N4O3S/c1-4-17-22(31-21(25-17)16-8-6-7-9-20(16)29-3)26-23(28)30-13-15-10-11-19-18(12-15)24-14-27(19)5-2/h6-12,14H,4-5,13H2,1-3H3,(H,26,28). The molecular weight excluding hydrogens is 412 g/mol. The molecule has 2 heterocycles. The predicted molar refractivity (Wildman–Crippen MR) is 123 cm³/mol. The minimum absolute atomic E-state index is 0.167. The Hall–Kier alpha value is -3.39. The normalized spacial score (nSPS) is 10.9. The van der Waals surface area contributed by atoms with Crippen molar-refractivity contribution >= 4 is 33.5 Å². The third-order valence-corrected chi connectivity index (χ3v) is 6.03. The topological polar surface area (TPSA) is 78.3 Å². The Bertz CT molecular complexity index is 1210. The van der Waals surface area contributed by atoms with Crippen LogP contribution < -0.4 is 10.1 Å². The number of imidazole rings is 1. The molecule has 0 aliphatic rings. The second kappa shape index (κ2) is 9.18. The molecule has 0 unspecified atom stereocenters. The lowest BCUT2D eigenvalue weighted by Gasteiger charge is -2.07. The van der Waals surface area contributed by atoms with Crippen LogP contribution in [0.5, 0.6) is 5.75 Å². The smallest absolute Gasteiger partial charge is 0.412 e. The Morgan fingerprint density at radius 3 is 2.81 bits per heavy atom. The lowest BCUT2D eigenvalue weighted by Crippen LogP contribution is -2.13.